The molecule has 0 saturated carbocycles. The van der Waals surface area contributed by atoms with Gasteiger partial charge in [-0.3, -0.25) is 0 Å². The maximum absolute atomic E-state index is 5.95. The summed E-state index contributed by atoms with van der Waals surface area (Å²) >= 11 is 0. The molecule has 1 aromatic rings. The first kappa shape index (κ1) is 14.3. The Balaban J connectivity index is 1.91. The van der Waals surface area contributed by atoms with Crippen LogP contribution >= 0.6 is 0 Å². The third-order valence-corrected chi connectivity index (χ3v) is 4.19. The van der Waals surface area contributed by atoms with Crippen molar-refractivity contribution in [3.05, 3.63) is 18.0 Å². The van der Waals surface area contributed by atoms with Crippen molar-refractivity contribution >= 4 is 5.95 Å². The molecule has 2 heterocycles. The Morgan fingerprint density at radius 1 is 1.26 bits per heavy atom. The van der Waals surface area contributed by atoms with Crippen molar-refractivity contribution in [1.29, 1.82) is 0 Å². The molecule has 1 aromatic heterocycles. The smallest absolute Gasteiger partial charge is 0.225 e. The standard InChI is InChI=1S/C15H26N4/c1-3-12-5-7-19(8-6-12)15-17-10-13(11-18-15)9-14(16)4-2/h10-12,14H,3-9,16H2,1-2H3. The van der Waals surface area contributed by atoms with Gasteiger partial charge >= 0.3 is 0 Å². The van der Waals surface area contributed by atoms with Crippen LogP contribution in [0, 0.1) is 5.92 Å². The predicted octanol–water partition coefficient (Wildman–Crippen LogP) is 2.38. The van der Waals surface area contributed by atoms with Gasteiger partial charge in [0.05, 0.1) is 0 Å². The van der Waals surface area contributed by atoms with E-state index in [4.69, 9.17) is 5.73 Å². The Labute approximate surface area is 116 Å². The van der Waals surface area contributed by atoms with Crippen LogP contribution in [-0.4, -0.2) is 29.1 Å². The van der Waals surface area contributed by atoms with Gasteiger partial charge in [-0.05, 0) is 37.2 Å². The van der Waals surface area contributed by atoms with Gasteiger partial charge in [0.2, 0.25) is 5.95 Å². The lowest BCUT2D eigenvalue weighted by Crippen LogP contribution is -2.34. The third kappa shape index (κ3) is 3.90. The van der Waals surface area contributed by atoms with E-state index in [-0.39, 0.29) is 6.04 Å². The molecule has 2 rings (SSSR count). The highest BCUT2D eigenvalue weighted by Crippen LogP contribution is 2.22. The zero-order chi connectivity index (χ0) is 13.7. The number of nitrogens with two attached hydrogens (primary N) is 1. The summed E-state index contributed by atoms with van der Waals surface area (Å²) in [6, 6.07) is 0.217. The van der Waals surface area contributed by atoms with Crippen molar-refractivity contribution in [2.45, 2.75) is 52.0 Å². The highest BCUT2D eigenvalue weighted by molar-refractivity contribution is 5.30. The van der Waals surface area contributed by atoms with Gasteiger partial charge in [-0.1, -0.05) is 20.3 Å². The molecule has 1 saturated heterocycles. The summed E-state index contributed by atoms with van der Waals surface area (Å²) in [6.07, 6.45) is 9.56. The lowest BCUT2D eigenvalue weighted by atomic mass is 9.95. The van der Waals surface area contributed by atoms with Gasteiger partial charge in [-0.15, -0.1) is 0 Å². The van der Waals surface area contributed by atoms with Crippen molar-refractivity contribution < 1.29 is 0 Å². The Hall–Kier alpha value is -1.16. The maximum atomic E-state index is 5.95. The van der Waals surface area contributed by atoms with Crippen molar-refractivity contribution in [3.63, 3.8) is 0 Å². The zero-order valence-corrected chi connectivity index (χ0v) is 12.2. The van der Waals surface area contributed by atoms with E-state index in [0.717, 1.165) is 43.4 Å². The van der Waals surface area contributed by atoms with Gasteiger partial charge in [0.1, 0.15) is 0 Å². The summed E-state index contributed by atoms with van der Waals surface area (Å²) in [7, 11) is 0. The lowest BCUT2D eigenvalue weighted by Gasteiger charge is -2.31. The predicted molar refractivity (Wildman–Crippen MR) is 79.2 cm³/mol. The van der Waals surface area contributed by atoms with E-state index < -0.39 is 0 Å². The van der Waals surface area contributed by atoms with Crippen molar-refractivity contribution in [1.82, 2.24) is 9.97 Å². The SMILES string of the molecule is CCC(N)Cc1cnc(N2CCC(CC)CC2)nc1. The first-order valence-corrected chi connectivity index (χ1v) is 7.54. The molecule has 0 aliphatic carbocycles. The molecule has 1 atom stereocenters. The Bertz CT molecular complexity index is 368. The van der Waals surface area contributed by atoms with Crippen LogP contribution in [0.15, 0.2) is 12.4 Å². The summed E-state index contributed by atoms with van der Waals surface area (Å²) in [5.41, 5.74) is 7.09. The Morgan fingerprint density at radius 3 is 2.42 bits per heavy atom. The monoisotopic (exact) mass is 262 g/mol. The van der Waals surface area contributed by atoms with Gasteiger partial charge in [0, 0.05) is 31.5 Å². The molecule has 1 fully saturated rings. The van der Waals surface area contributed by atoms with Crippen molar-refractivity contribution in [3.8, 4) is 0 Å². The van der Waals surface area contributed by atoms with Gasteiger partial charge < -0.3 is 10.6 Å². The number of hydrogen-bond acceptors (Lipinski definition) is 4. The largest absolute Gasteiger partial charge is 0.341 e. The van der Waals surface area contributed by atoms with Crippen LogP contribution < -0.4 is 10.6 Å². The van der Waals surface area contributed by atoms with Crippen molar-refractivity contribution in [2.75, 3.05) is 18.0 Å². The number of piperidine rings is 1. The molecule has 0 amide bonds. The van der Waals surface area contributed by atoms with Crippen LogP contribution in [0.3, 0.4) is 0 Å². The molecule has 2 N–H and O–H groups in total. The van der Waals surface area contributed by atoms with E-state index in [1.165, 1.54) is 19.3 Å². The van der Waals surface area contributed by atoms with E-state index >= 15 is 0 Å². The molecule has 106 valence electrons. The van der Waals surface area contributed by atoms with Crippen LogP contribution in [-0.2, 0) is 6.42 Å². The van der Waals surface area contributed by atoms with Crippen LogP contribution in [0.2, 0.25) is 0 Å². The van der Waals surface area contributed by atoms with E-state index in [1.54, 1.807) is 0 Å². The fraction of sp³-hybridized carbons (Fsp3) is 0.733. The molecule has 4 heteroatoms. The van der Waals surface area contributed by atoms with Gasteiger partial charge in [0.15, 0.2) is 0 Å². The maximum Gasteiger partial charge on any atom is 0.225 e. The molecule has 1 unspecified atom stereocenters. The van der Waals surface area contributed by atoms with Gasteiger partial charge in [0.25, 0.3) is 0 Å². The number of rotatable bonds is 5. The number of hydrogen-bond donors (Lipinski definition) is 1. The lowest BCUT2D eigenvalue weighted by molar-refractivity contribution is 0.392. The first-order valence-electron chi connectivity index (χ1n) is 7.54. The Kier molecular flexibility index (Phi) is 5.14. The van der Waals surface area contributed by atoms with E-state index in [9.17, 15) is 0 Å². The highest BCUT2D eigenvalue weighted by Gasteiger charge is 2.19. The topological polar surface area (TPSA) is 55.0 Å². The van der Waals surface area contributed by atoms with Crippen LogP contribution in [0.1, 0.15) is 45.1 Å². The fourth-order valence-electron chi connectivity index (χ4n) is 2.60. The molecule has 19 heavy (non-hydrogen) atoms. The fourth-order valence-corrected chi connectivity index (χ4v) is 2.60. The zero-order valence-electron chi connectivity index (χ0n) is 12.2. The number of nitrogens with zero attached hydrogens (tertiary/aromatic N) is 3. The third-order valence-electron chi connectivity index (χ3n) is 4.19. The average Bonchev–Trinajstić information content (AvgIpc) is 2.48. The summed E-state index contributed by atoms with van der Waals surface area (Å²) in [6.45, 7) is 6.57. The van der Waals surface area contributed by atoms with Gasteiger partial charge in [-0.2, -0.15) is 0 Å². The minimum absolute atomic E-state index is 0.217. The summed E-state index contributed by atoms with van der Waals surface area (Å²) < 4.78 is 0. The second-order valence-corrected chi connectivity index (χ2v) is 5.60. The second-order valence-electron chi connectivity index (χ2n) is 5.60. The average molecular weight is 262 g/mol. The van der Waals surface area contributed by atoms with Crippen molar-refractivity contribution in [2.24, 2.45) is 11.7 Å². The highest BCUT2D eigenvalue weighted by atomic mass is 15.2. The molecular weight excluding hydrogens is 236 g/mol. The summed E-state index contributed by atoms with van der Waals surface area (Å²) in [5.74, 6) is 1.77. The molecule has 0 spiro atoms. The quantitative estimate of drug-likeness (QED) is 0.885. The number of anilines is 1. The van der Waals surface area contributed by atoms with E-state index in [1.807, 2.05) is 12.4 Å². The molecule has 1 aliphatic rings. The molecule has 0 radical (unpaired) electrons. The molecular formula is C15H26N4. The molecule has 0 bridgehead atoms. The molecule has 4 nitrogen and oxygen atoms in total. The first-order chi connectivity index (χ1) is 9.22. The minimum atomic E-state index is 0.217. The van der Waals surface area contributed by atoms with E-state index in [0.29, 0.717) is 0 Å². The summed E-state index contributed by atoms with van der Waals surface area (Å²) in [4.78, 5) is 11.3. The minimum Gasteiger partial charge on any atom is -0.341 e. The number of aromatic nitrogens is 2. The van der Waals surface area contributed by atoms with Crippen LogP contribution in [0.4, 0.5) is 5.95 Å². The van der Waals surface area contributed by atoms with Gasteiger partial charge in [-0.25, -0.2) is 9.97 Å². The second kappa shape index (κ2) is 6.85. The Morgan fingerprint density at radius 2 is 1.89 bits per heavy atom. The summed E-state index contributed by atoms with van der Waals surface area (Å²) in [5, 5.41) is 0. The normalized spacial score (nSPS) is 18.6. The van der Waals surface area contributed by atoms with Crippen LogP contribution in [0.25, 0.3) is 0 Å². The van der Waals surface area contributed by atoms with Crippen LogP contribution in [0.5, 0.6) is 0 Å². The van der Waals surface area contributed by atoms with E-state index in [2.05, 4.69) is 28.7 Å². The molecule has 1 aliphatic heterocycles. The molecule has 0 aromatic carbocycles.